The zero-order valence-electron chi connectivity index (χ0n) is 16.5. The Bertz CT molecular complexity index is 935. The van der Waals surface area contributed by atoms with E-state index >= 15 is 0 Å². The maximum Gasteiger partial charge on any atom is 0.255 e. The maximum absolute atomic E-state index is 12.8. The average Bonchev–Trinajstić information content (AvgIpc) is 3.07. The van der Waals surface area contributed by atoms with Crippen LogP contribution in [0.4, 0.5) is 0 Å². The van der Waals surface area contributed by atoms with Gasteiger partial charge in [-0.2, -0.15) is 5.10 Å². The van der Waals surface area contributed by atoms with Crippen molar-refractivity contribution >= 4 is 18.3 Å². The Morgan fingerprint density at radius 1 is 1.18 bits per heavy atom. The number of rotatable bonds is 6. The second kappa shape index (κ2) is 9.53. The molecule has 5 nitrogen and oxygen atoms in total. The minimum absolute atomic E-state index is 0. The maximum atomic E-state index is 12.8. The summed E-state index contributed by atoms with van der Waals surface area (Å²) in [5.41, 5.74) is 11.2. The fraction of sp³-hybridized carbons (Fsp3) is 0.273. The van der Waals surface area contributed by atoms with E-state index in [0.717, 1.165) is 23.2 Å². The van der Waals surface area contributed by atoms with Crippen molar-refractivity contribution in [2.45, 2.75) is 33.2 Å². The van der Waals surface area contributed by atoms with Crippen LogP contribution in [-0.2, 0) is 0 Å². The topological polar surface area (TPSA) is 72.9 Å². The van der Waals surface area contributed by atoms with Gasteiger partial charge in [0.25, 0.3) is 5.91 Å². The molecule has 1 heterocycles. The van der Waals surface area contributed by atoms with Crippen molar-refractivity contribution in [2.75, 3.05) is 6.54 Å². The van der Waals surface area contributed by atoms with Gasteiger partial charge < -0.3 is 11.1 Å². The molecule has 0 saturated carbocycles. The highest BCUT2D eigenvalue weighted by Gasteiger charge is 2.19. The number of hydrogen-bond donors (Lipinski definition) is 2. The molecule has 1 aromatic heterocycles. The summed E-state index contributed by atoms with van der Waals surface area (Å²) in [4.78, 5) is 12.8. The molecule has 1 amide bonds. The van der Waals surface area contributed by atoms with E-state index in [2.05, 4.69) is 18.3 Å². The summed E-state index contributed by atoms with van der Waals surface area (Å²) in [7, 11) is 0. The van der Waals surface area contributed by atoms with E-state index < -0.39 is 0 Å². The first-order valence-corrected chi connectivity index (χ1v) is 9.22. The van der Waals surface area contributed by atoms with Crippen molar-refractivity contribution in [1.29, 1.82) is 0 Å². The van der Waals surface area contributed by atoms with Crippen molar-refractivity contribution < 1.29 is 4.79 Å². The number of nitrogens with one attached hydrogen (secondary N) is 1. The summed E-state index contributed by atoms with van der Waals surface area (Å²) >= 11 is 0. The Morgan fingerprint density at radius 3 is 2.54 bits per heavy atom. The molecule has 1 unspecified atom stereocenters. The molecule has 0 saturated heterocycles. The molecule has 6 heteroatoms. The summed E-state index contributed by atoms with van der Waals surface area (Å²) in [6, 6.07) is 16.0. The molecular formula is C22H27ClN4O. The summed E-state index contributed by atoms with van der Waals surface area (Å²) in [5.74, 6) is -0.132. The zero-order valence-corrected chi connectivity index (χ0v) is 17.3. The number of aromatic nitrogens is 2. The summed E-state index contributed by atoms with van der Waals surface area (Å²) in [5, 5.41) is 7.70. The van der Waals surface area contributed by atoms with E-state index in [9.17, 15) is 4.79 Å². The number of carbonyl (C=O) groups is 1. The Labute approximate surface area is 172 Å². The van der Waals surface area contributed by atoms with E-state index in [1.807, 2.05) is 56.3 Å². The highest BCUT2D eigenvalue weighted by atomic mass is 35.5. The SMILES string of the molecule is Cc1ccc(-c2nn(-c3ccccc3)cc2C(=O)NCCC(C)N)c(C)c1.Cl. The monoisotopic (exact) mass is 398 g/mol. The largest absolute Gasteiger partial charge is 0.352 e. The van der Waals surface area contributed by atoms with E-state index in [-0.39, 0.29) is 24.4 Å². The lowest BCUT2D eigenvalue weighted by atomic mass is 10.0. The standard InChI is InChI=1S/C22H26N4O.ClH/c1-15-9-10-19(16(2)13-15)21-20(22(27)24-12-11-17(3)23)14-26(25-21)18-7-5-4-6-8-18;/h4-10,13-14,17H,11-12,23H2,1-3H3,(H,24,27);1H. The molecule has 28 heavy (non-hydrogen) atoms. The lowest BCUT2D eigenvalue weighted by molar-refractivity contribution is 0.0953. The summed E-state index contributed by atoms with van der Waals surface area (Å²) in [6.07, 6.45) is 2.53. The van der Waals surface area contributed by atoms with Crippen molar-refractivity contribution in [3.05, 3.63) is 71.4 Å². The lowest BCUT2D eigenvalue weighted by Crippen LogP contribution is -2.29. The first-order chi connectivity index (χ1) is 13.0. The molecular weight excluding hydrogens is 372 g/mol. The molecule has 3 N–H and O–H groups in total. The number of nitrogens with zero attached hydrogens (tertiary/aromatic N) is 2. The number of benzene rings is 2. The molecule has 0 bridgehead atoms. The summed E-state index contributed by atoms with van der Waals surface area (Å²) in [6.45, 7) is 6.57. The predicted molar refractivity (Wildman–Crippen MR) is 116 cm³/mol. The van der Waals surface area contributed by atoms with E-state index in [4.69, 9.17) is 10.8 Å². The van der Waals surface area contributed by atoms with Crippen molar-refractivity contribution in [2.24, 2.45) is 5.73 Å². The molecule has 0 aliphatic carbocycles. The third-order valence-electron chi connectivity index (χ3n) is 4.50. The smallest absolute Gasteiger partial charge is 0.255 e. The van der Waals surface area contributed by atoms with Gasteiger partial charge in [0.2, 0.25) is 0 Å². The van der Waals surface area contributed by atoms with Gasteiger partial charge in [0, 0.05) is 24.3 Å². The van der Waals surface area contributed by atoms with Gasteiger partial charge in [0.15, 0.2) is 0 Å². The van der Waals surface area contributed by atoms with Crippen LogP contribution in [0.15, 0.2) is 54.7 Å². The van der Waals surface area contributed by atoms with Crippen LogP contribution in [0.2, 0.25) is 0 Å². The quantitative estimate of drug-likeness (QED) is 0.658. The molecule has 0 spiro atoms. The molecule has 0 aliphatic heterocycles. The van der Waals surface area contributed by atoms with Crippen molar-refractivity contribution in [1.82, 2.24) is 15.1 Å². The molecule has 0 fully saturated rings. The zero-order chi connectivity index (χ0) is 19.4. The normalized spacial score (nSPS) is 11.6. The molecule has 2 aromatic carbocycles. The predicted octanol–water partition coefficient (Wildman–Crippen LogP) is 4.05. The van der Waals surface area contributed by atoms with Crippen molar-refractivity contribution in [3.63, 3.8) is 0 Å². The molecule has 3 rings (SSSR count). The van der Waals surface area contributed by atoms with Gasteiger partial charge in [-0.05, 0) is 44.9 Å². The fourth-order valence-corrected chi connectivity index (χ4v) is 3.04. The van der Waals surface area contributed by atoms with E-state index in [0.29, 0.717) is 17.8 Å². The van der Waals surface area contributed by atoms with Crippen LogP contribution in [0.25, 0.3) is 16.9 Å². The van der Waals surface area contributed by atoms with Gasteiger partial charge in [-0.1, -0.05) is 42.0 Å². The summed E-state index contributed by atoms with van der Waals surface area (Å²) < 4.78 is 1.76. The molecule has 3 aromatic rings. The third kappa shape index (κ3) is 5.00. The van der Waals surface area contributed by atoms with Crippen LogP contribution >= 0.6 is 12.4 Å². The molecule has 0 aliphatic rings. The van der Waals surface area contributed by atoms with Crippen LogP contribution in [0.3, 0.4) is 0 Å². The Kier molecular flexibility index (Phi) is 7.38. The van der Waals surface area contributed by atoms with Gasteiger partial charge in [-0.25, -0.2) is 4.68 Å². The number of amides is 1. The van der Waals surface area contributed by atoms with Crippen LogP contribution in [0, 0.1) is 13.8 Å². The van der Waals surface area contributed by atoms with Crippen molar-refractivity contribution in [3.8, 4) is 16.9 Å². The first kappa shape index (κ1) is 21.7. The highest BCUT2D eigenvalue weighted by molar-refractivity contribution is 6.00. The second-order valence-electron chi connectivity index (χ2n) is 7.01. The first-order valence-electron chi connectivity index (χ1n) is 9.22. The molecule has 148 valence electrons. The van der Waals surface area contributed by atoms with E-state index in [1.165, 1.54) is 5.56 Å². The van der Waals surface area contributed by atoms with Gasteiger partial charge in [0.1, 0.15) is 5.69 Å². The average molecular weight is 399 g/mol. The van der Waals surface area contributed by atoms with Gasteiger partial charge in [0.05, 0.1) is 11.3 Å². The second-order valence-corrected chi connectivity index (χ2v) is 7.01. The number of para-hydroxylation sites is 1. The van der Waals surface area contributed by atoms with Crippen LogP contribution in [0.5, 0.6) is 0 Å². The fourth-order valence-electron chi connectivity index (χ4n) is 3.04. The van der Waals surface area contributed by atoms with Crippen LogP contribution in [0.1, 0.15) is 34.8 Å². The molecule has 0 radical (unpaired) electrons. The highest BCUT2D eigenvalue weighted by Crippen LogP contribution is 2.27. The van der Waals surface area contributed by atoms with E-state index in [1.54, 1.807) is 10.9 Å². The van der Waals surface area contributed by atoms with Crippen LogP contribution in [-0.4, -0.2) is 28.3 Å². The minimum Gasteiger partial charge on any atom is -0.352 e. The van der Waals surface area contributed by atoms with Gasteiger partial charge in [-0.3, -0.25) is 4.79 Å². The number of carbonyl (C=O) groups excluding carboxylic acids is 1. The molecule has 1 atom stereocenters. The number of halogens is 1. The lowest BCUT2D eigenvalue weighted by Gasteiger charge is -2.09. The number of hydrogen-bond acceptors (Lipinski definition) is 3. The Balaban J connectivity index is 0.00000280. The van der Waals surface area contributed by atoms with Crippen LogP contribution < -0.4 is 11.1 Å². The Morgan fingerprint density at radius 2 is 1.89 bits per heavy atom. The number of aryl methyl sites for hydroxylation is 2. The third-order valence-corrected chi connectivity index (χ3v) is 4.50. The van der Waals surface area contributed by atoms with Gasteiger partial charge in [-0.15, -0.1) is 12.4 Å². The minimum atomic E-state index is -0.132. The van der Waals surface area contributed by atoms with Gasteiger partial charge >= 0.3 is 0 Å². The Hall–Kier alpha value is -2.63. The number of nitrogens with two attached hydrogens (primary N) is 1.